The molecule has 0 aliphatic rings. The van der Waals surface area contributed by atoms with E-state index in [1.165, 1.54) is 0 Å². The summed E-state index contributed by atoms with van der Waals surface area (Å²) < 4.78 is 44.0. The van der Waals surface area contributed by atoms with Gasteiger partial charge < -0.3 is 9.84 Å². The van der Waals surface area contributed by atoms with E-state index in [1.54, 1.807) is 0 Å². The number of ether oxygens (including phenoxy) is 1. The first-order chi connectivity index (χ1) is 10.3. The van der Waals surface area contributed by atoms with Crippen LogP contribution in [-0.4, -0.2) is 32.8 Å². The highest BCUT2D eigenvalue weighted by Gasteiger charge is 2.31. The SMILES string of the molecule is COC(=O)c1c(O)c2ccc(C(F)(F)F)cc2c2ncnn12. The second-order valence-corrected chi connectivity index (χ2v) is 4.44. The Bertz CT molecular complexity index is 902. The maximum absolute atomic E-state index is 12.8. The summed E-state index contributed by atoms with van der Waals surface area (Å²) in [5.41, 5.74) is -1.18. The van der Waals surface area contributed by atoms with Crippen molar-refractivity contribution >= 4 is 22.4 Å². The Kier molecular flexibility index (Phi) is 2.94. The van der Waals surface area contributed by atoms with E-state index in [4.69, 9.17) is 0 Å². The number of hydrogen-bond donors (Lipinski definition) is 1. The Morgan fingerprint density at radius 3 is 2.68 bits per heavy atom. The predicted octanol–water partition coefficient (Wildman–Crippen LogP) is 2.39. The molecule has 6 nitrogen and oxygen atoms in total. The lowest BCUT2D eigenvalue weighted by molar-refractivity contribution is -0.137. The molecule has 1 aromatic carbocycles. The number of fused-ring (bicyclic) bond motifs is 3. The van der Waals surface area contributed by atoms with E-state index in [2.05, 4.69) is 14.8 Å². The van der Waals surface area contributed by atoms with Crippen molar-refractivity contribution in [2.45, 2.75) is 6.18 Å². The molecular formula is C13H8F3N3O3. The van der Waals surface area contributed by atoms with Crippen LogP contribution in [0.1, 0.15) is 16.1 Å². The number of rotatable bonds is 1. The van der Waals surface area contributed by atoms with Gasteiger partial charge in [-0.05, 0) is 18.2 Å². The largest absolute Gasteiger partial charge is 0.505 e. The highest BCUT2D eigenvalue weighted by molar-refractivity contribution is 6.05. The number of nitrogens with zero attached hydrogens (tertiary/aromatic N) is 3. The molecule has 3 rings (SSSR count). The number of aromatic hydroxyl groups is 1. The number of alkyl halides is 3. The summed E-state index contributed by atoms with van der Waals surface area (Å²) in [5, 5.41) is 14.0. The van der Waals surface area contributed by atoms with Crippen LogP contribution in [0.3, 0.4) is 0 Å². The Labute approximate surface area is 120 Å². The number of benzene rings is 1. The molecule has 0 aliphatic heterocycles. The van der Waals surface area contributed by atoms with Crippen LogP contribution in [0.15, 0.2) is 24.5 Å². The van der Waals surface area contributed by atoms with Crippen molar-refractivity contribution in [1.82, 2.24) is 14.6 Å². The minimum atomic E-state index is -4.54. The Morgan fingerprint density at radius 1 is 1.32 bits per heavy atom. The fourth-order valence-corrected chi connectivity index (χ4v) is 2.21. The lowest BCUT2D eigenvalue weighted by Crippen LogP contribution is -2.11. The zero-order valence-corrected chi connectivity index (χ0v) is 11.0. The average Bonchev–Trinajstić information content (AvgIpc) is 2.95. The first-order valence-corrected chi connectivity index (χ1v) is 5.98. The molecule has 9 heteroatoms. The van der Waals surface area contributed by atoms with E-state index in [9.17, 15) is 23.1 Å². The number of carbonyl (C=O) groups is 1. The van der Waals surface area contributed by atoms with Crippen LogP contribution in [0.2, 0.25) is 0 Å². The normalized spacial score (nSPS) is 12.0. The topological polar surface area (TPSA) is 76.7 Å². The molecule has 0 radical (unpaired) electrons. The first-order valence-electron chi connectivity index (χ1n) is 5.98. The number of pyridine rings is 1. The van der Waals surface area contributed by atoms with Crippen molar-refractivity contribution < 1.29 is 27.8 Å². The monoisotopic (exact) mass is 311 g/mol. The minimum Gasteiger partial charge on any atom is -0.505 e. The molecule has 0 spiro atoms. The van der Waals surface area contributed by atoms with Crippen molar-refractivity contribution in [3.05, 3.63) is 35.8 Å². The van der Waals surface area contributed by atoms with Gasteiger partial charge in [-0.1, -0.05) is 0 Å². The second kappa shape index (κ2) is 4.58. The van der Waals surface area contributed by atoms with Gasteiger partial charge in [-0.2, -0.15) is 18.3 Å². The summed E-state index contributed by atoms with van der Waals surface area (Å²) >= 11 is 0. The van der Waals surface area contributed by atoms with Gasteiger partial charge in [0.15, 0.2) is 17.1 Å². The van der Waals surface area contributed by atoms with E-state index in [0.29, 0.717) is 0 Å². The number of methoxy groups -OCH3 is 1. The van der Waals surface area contributed by atoms with E-state index < -0.39 is 23.5 Å². The van der Waals surface area contributed by atoms with Crippen molar-refractivity contribution in [1.29, 1.82) is 0 Å². The molecule has 0 atom stereocenters. The zero-order valence-electron chi connectivity index (χ0n) is 11.0. The molecule has 3 aromatic rings. The fraction of sp³-hybridized carbons (Fsp3) is 0.154. The molecule has 2 aromatic heterocycles. The van der Waals surface area contributed by atoms with Gasteiger partial charge in [0.2, 0.25) is 0 Å². The zero-order chi connectivity index (χ0) is 16.1. The van der Waals surface area contributed by atoms with Gasteiger partial charge in [-0.3, -0.25) is 0 Å². The molecule has 0 unspecified atom stereocenters. The third-order valence-corrected chi connectivity index (χ3v) is 3.21. The summed E-state index contributed by atoms with van der Waals surface area (Å²) in [4.78, 5) is 15.6. The molecule has 0 fully saturated rings. The van der Waals surface area contributed by atoms with Crippen molar-refractivity contribution in [3.63, 3.8) is 0 Å². The molecule has 1 N–H and O–H groups in total. The molecule has 0 amide bonds. The van der Waals surface area contributed by atoms with Crippen LogP contribution in [-0.2, 0) is 10.9 Å². The van der Waals surface area contributed by atoms with Crippen molar-refractivity contribution in [3.8, 4) is 5.75 Å². The summed E-state index contributed by atoms with van der Waals surface area (Å²) in [6.07, 6.45) is -3.47. The van der Waals surface area contributed by atoms with Gasteiger partial charge in [-0.15, -0.1) is 0 Å². The number of esters is 1. The van der Waals surface area contributed by atoms with Gasteiger partial charge in [0.1, 0.15) is 6.33 Å². The number of halogens is 3. The van der Waals surface area contributed by atoms with E-state index in [1.807, 2.05) is 0 Å². The first kappa shape index (κ1) is 14.1. The van der Waals surface area contributed by atoms with Gasteiger partial charge >= 0.3 is 12.1 Å². The summed E-state index contributed by atoms with van der Waals surface area (Å²) in [5.74, 6) is -1.40. The second-order valence-electron chi connectivity index (χ2n) is 4.44. The predicted molar refractivity (Wildman–Crippen MR) is 68.5 cm³/mol. The summed E-state index contributed by atoms with van der Waals surface area (Å²) in [6, 6.07) is 2.74. The molecular weight excluding hydrogens is 303 g/mol. The molecule has 22 heavy (non-hydrogen) atoms. The van der Waals surface area contributed by atoms with Crippen LogP contribution in [0.5, 0.6) is 5.75 Å². The van der Waals surface area contributed by atoms with E-state index in [0.717, 1.165) is 36.2 Å². The van der Waals surface area contributed by atoms with Gasteiger partial charge in [0.25, 0.3) is 0 Å². The Hall–Kier alpha value is -2.84. The van der Waals surface area contributed by atoms with Crippen LogP contribution in [0.25, 0.3) is 16.4 Å². The molecule has 114 valence electrons. The quantitative estimate of drug-likeness (QED) is 0.698. The average molecular weight is 311 g/mol. The standard InChI is InChI=1S/C13H8F3N3O3/c1-22-12(21)9-10(20)7-3-2-6(13(14,15)16)4-8(7)11-17-5-18-19(9)11/h2-5,20H,1H3. The molecule has 0 saturated heterocycles. The fourth-order valence-electron chi connectivity index (χ4n) is 2.21. The van der Waals surface area contributed by atoms with Crippen LogP contribution in [0, 0.1) is 0 Å². The van der Waals surface area contributed by atoms with E-state index in [-0.39, 0.29) is 22.1 Å². The summed E-state index contributed by atoms with van der Waals surface area (Å²) in [7, 11) is 1.11. The van der Waals surface area contributed by atoms with Crippen LogP contribution >= 0.6 is 0 Å². The third kappa shape index (κ3) is 1.93. The number of aromatic nitrogens is 3. The molecule has 0 saturated carbocycles. The lowest BCUT2D eigenvalue weighted by atomic mass is 10.1. The van der Waals surface area contributed by atoms with Crippen molar-refractivity contribution in [2.75, 3.05) is 7.11 Å². The number of carbonyl (C=O) groups excluding carboxylic acids is 1. The maximum atomic E-state index is 12.8. The smallest absolute Gasteiger partial charge is 0.416 e. The highest BCUT2D eigenvalue weighted by Crippen LogP contribution is 2.36. The van der Waals surface area contributed by atoms with Crippen molar-refractivity contribution in [2.24, 2.45) is 0 Å². The lowest BCUT2D eigenvalue weighted by Gasteiger charge is -2.11. The number of hydrogen-bond acceptors (Lipinski definition) is 5. The summed E-state index contributed by atoms with van der Waals surface area (Å²) in [6.45, 7) is 0. The van der Waals surface area contributed by atoms with E-state index >= 15 is 0 Å². The Morgan fingerprint density at radius 2 is 2.05 bits per heavy atom. The molecule has 0 bridgehead atoms. The van der Waals surface area contributed by atoms with Gasteiger partial charge in [0.05, 0.1) is 12.7 Å². The van der Waals surface area contributed by atoms with Crippen LogP contribution < -0.4 is 0 Å². The van der Waals surface area contributed by atoms with Gasteiger partial charge in [0, 0.05) is 10.8 Å². The van der Waals surface area contributed by atoms with Gasteiger partial charge in [-0.25, -0.2) is 14.3 Å². The Balaban J connectivity index is 2.45. The van der Waals surface area contributed by atoms with Crippen LogP contribution in [0.4, 0.5) is 13.2 Å². The molecule has 2 heterocycles. The minimum absolute atomic E-state index is 0.0132. The highest BCUT2D eigenvalue weighted by atomic mass is 19.4. The maximum Gasteiger partial charge on any atom is 0.416 e. The molecule has 0 aliphatic carbocycles. The third-order valence-electron chi connectivity index (χ3n) is 3.21.